The summed E-state index contributed by atoms with van der Waals surface area (Å²) in [4.78, 5) is 24.7. The van der Waals surface area contributed by atoms with Gasteiger partial charge >= 0.3 is 5.97 Å². The van der Waals surface area contributed by atoms with Crippen molar-refractivity contribution in [2.75, 3.05) is 31.6 Å². The van der Waals surface area contributed by atoms with Crippen LogP contribution in [-0.4, -0.2) is 57.0 Å². The van der Waals surface area contributed by atoms with Crippen LogP contribution in [0, 0.1) is 0 Å². The van der Waals surface area contributed by atoms with Crippen LogP contribution >= 0.6 is 23.2 Å². The lowest BCUT2D eigenvalue weighted by Gasteiger charge is -2.26. The predicted molar refractivity (Wildman–Crippen MR) is 116 cm³/mol. The first-order valence-corrected chi connectivity index (χ1v) is 11.5. The Kier molecular flexibility index (Phi) is 7.55. The molecule has 1 heterocycles. The number of benzene rings is 2. The number of nitrogens with one attached hydrogen (secondary N) is 1. The number of hydrogen-bond acceptors (Lipinski definition) is 6. The first-order chi connectivity index (χ1) is 14.7. The van der Waals surface area contributed by atoms with Crippen molar-refractivity contribution >= 4 is 50.8 Å². The highest BCUT2D eigenvalue weighted by molar-refractivity contribution is 7.89. The molecule has 1 fully saturated rings. The largest absolute Gasteiger partial charge is 0.449 e. The first-order valence-electron chi connectivity index (χ1n) is 9.34. The summed E-state index contributed by atoms with van der Waals surface area (Å²) in [5.41, 5.74) is 0.330. The van der Waals surface area contributed by atoms with Crippen LogP contribution in [0.25, 0.3) is 0 Å². The summed E-state index contributed by atoms with van der Waals surface area (Å²) in [5, 5.41) is 2.40. The highest BCUT2D eigenvalue weighted by Gasteiger charge is 2.31. The monoisotopic (exact) mass is 486 g/mol. The maximum absolute atomic E-state index is 13.0. The van der Waals surface area contributed by atoms with Gasteiger partial charge in [-0.2, -0.15) is 4.31 Å². The number of sulfonamides is 1. The molecular formula is C20H20Cl2N2O6S. The van der Waals surface area contributed by atoms with Crippen LogP contribution in [0.3, 0.4) is 0 Å². The third kappa shape index (κ3) is 5.55. The molecule has 0 radical (unpaired) electrons. The van der Waals surface area contributed by atoms with Crippen LogP contribution in [0.5, 0.6) is 0 Å². The van der Waals surface area contributed by atoms with Gasteiger partial charge in [0, 0.05) is 18.8 Å². The number of carbonyl (C=O) groups is 2. The molecule has 1 aliphatic heterocycles. The fraction of sp³-hybridized carbons (Fsp3) is 0.300. The van der Waals surface area contributed by atoms with Gasteiger partial charge in [0.2, 0.25) is 10.0 Å². The highest BCUT2D eigenvalue weighted by atomic mass is 35.5. The van der Waals surface area contributed by atoms with E-state index >= 15 is 0 Å². The van der Waals surface area contributed by atoms with Crippen molar-refractivity contribution in [2.45, 2.75) is 17.9 Å². The minimum absolute atomic E-state index is 0.0911. The van der Waals surface area contributed by atoms with Crippen molar-refractivity contribution in [3.05, 3.63) is 58.1 Å². The minimum Gasteiger partial charge on any atom is -0.449 e. The van der Waals surface area contributed by atoms with E-state index in [1.54, 1.807) is 30.3 Å². The van der Waals surface area contributed by atoms with Crippen molar-refractivity contribution in [2.24, 2.45) is 0 Å². The van der Waals surface area contributed by atoms with Crippen molar-refractivity contribution in [3.63, 3.8) is 0 Å². The standard InChI is InChI=1S/C20H20Cl2N2O6S/c1-13(19(25)23-14-5-3-2-4-6-14)30-20(26)15-11-18(17(22)12-16(15)21)31(27,28)24-7-9-29-10-8-24/h2-6,11-13H,7-10H2,1H3,(H,23,25)/t13-/m0/s1. The molecule has 1 saturated heterocycles. The van der Waals surface area contributed by atoms with Gasteiger partial charge in [0.1, 0.15) is 4.90 Å². The third-order valence-corrected chi connectivity index (χ3v) is 7.20. The summed E-state index contributed by atoms with van der Waals surface area (Å²) in [6, 6.07) is 10.9. The molecule has 1 amide bonds. The number of rotatable bonds is 6. The Balaban J connectivity index is 1.79. The number of morpholine rings is 1. The van der Waals surface area contributed by atoms with Gasteiger partial charge in [0.15, 0.2) is 6.10 Å². The second-order valence-electron chi connectivity index (χ2n) is 6.68. The third-order valence-electron chi connectivity index (χ3n) is 4.52. The van der Waals surface area contributed by atoms with E-state index < -0.39 is 28.0 Å². The van der Waals surface area contributed by atoms with Crippen LogP contribution in [0.1, 0.15) is 17.3 Å². The number of halogens is 2. The summed E-state index contributed by atoms with van der Waals surface area (Å²) in [6.45, 7) is 2.24. The van der Waals surface area contributed by atoms with Gasteiger partial charge in [-0.05, 0) is 31.2 Å². The molecule has 1 atom stereocenters. The van der Waals surface area contributed by atoms with E-state index in [-0.39, 0.29) is 46.8 Å². The minimum atomic E-state index is -3.98. The normalized spacial score (nSPS) is 15.8. The van der Waals surface area contributed by atoms with Gasteiger partial charge in [-0.15, -0.1) is 0 Å². The molecule has 31 heavy (non-hydrogen) atoms. The molecule has 1 N–H and O–H groups in total. The van der Waals surface area contributed by atoms with Crippen LogP contribution in [-0.2, 0) is 24.3 Å². The molecular weight excluding hydrogens is 467 g/mol. The second-order valence-corrected chi connectivity index (χ2v) is 9.40. The zero-order chi connectivity index (χ0) is 22.6. The Bertz CT molecular complexity index is 1070. The zero-order valence-electron chi connectivity index (χ0n) is 16.5. The summed E-state index contributed by atoms with van der Waals surface area (Å²) < 4.78 is 37.5. The van der Waals surface area contributed by atoms with Crippen LogP contribution < -0.4 is 5.32 Å². The topological polar surface area (TPSA) is 102 Å². The fourth-order valence-electron chi connectivity index (χ4n) is 2.85. The van der Waals surface area contributed by atoms with Crippen molar-refractivity contribution in [1.82, 2.24) is 4.31 Å². The maximum atomic E-state index is 13.0. The molecule has 166 valence electrons. The summed E-state index contributed by atoms with van der Waals surface area (Å²) in [5.74, 6) is -1.50. The second kappa shape index (κ2) is 9.97. The number of para-hydroxylation sites is 1. The van der Waals surface area contributed by atoms with Crippen LogP contribution in [0.2, 0.25) is 10.0 Å². The molecule has 11 heteroatoms. The number of amides is 1. The summed E-state index contributed by atoms with van der Waals surface area (Å²) >= 11 is 12.2. The number of carbonyl (C=O) groups excluding carboxylic acids is 2. The Morgan fingerprint density at radius 3 is 2.39 bits per heavy atom. The molecule has 2 aromatic carbocycles. The van der Waals surface area contributed by atoms with Gasteiger partial charge in [0.25, 0.3) is 5.91 Å². The van der Waals surface area contributed by atoms with Gasteiger partial charge in [0.05, 0.1) is 28.8 Å². The van der Waals surface area contributed by atoms with E-state index in [1.165, 1.54) is 17.3 Å². The summed E-state index contributed by atoms with van der Waals surface area (Å²) in [7, 11) is -3.98. The molecule has 2 aromatic rings. The maximum Gasteiger partial charge on any atom is 0.340 e. The van der Waals surface area contributed by atoms with Crippen LogP contribution in [0.15, 0.2) is 47.4 Å². The van der Waals surface area contributed by atoms with E-state index in [4.69, 9.17) is 32.7 Å². The van der Waals surface area contributed by atoms with E-state index in [1.807, 2.05) is 0 Å². The molecule has 0 bridgehead atoms. The fourth-order valence-corrected chi connectivity index (χ4v) is 5.09. The van der Waals surface area contributed by atoms with E-state index in [9.17, 15) is 18.0 Å². The number of ether oxygens (including phenoxy) is 2. The van der Waals surface area contributed by atoms with Crippen molar-refractivity contribution in [3.8, 4) is 0 Å². The van der Waals surface area contributed by atoms with Gasteiger partial charge in [-0.1, -0.05) is 41.4 Å². The number of anilines is 1. The quantitative estimate of drug-likeness (QED) is 0.628. The molecule has 1 aliphatic rings. The van der Waals surface area contributed by atoms with E-state index in [0.717, 1.165) is 6.07 Å². The van der Waals surface area contributed by atoms with E-state index in [2.05, 4.69) is 5.32 Å². The molecule has 0 aliphatic carbocycles. The lowest BCUT2D eigenvalue weighted by molar-refractivity contribution is -0.123. The molecule has 8 nitrogen and oxygen atoms in total. The molecule has 0 saturated carbocycles. The average molecular weight is 487 g/mol. The van der Waals surface area contributed by atoms with Gasteiger partial charge < -0.3 is 14.8 Å². The SMILES string of the molecule is C[C@H](OC(=O)c1cc(S(=O)(=O)N2CCOCC2)c(Cl)cc1Cl)C(=O)Nc1ccccc1. The van der Waals surface area contributed by atoms with Gasteiger partial charge in [-0.3, -0.25) is 4.79 Å². The van der Waals surface area contributed by atoms with Gasteiger partial charge in [-0.25, -0.2) is 13.2 Å². The van der Waals surface area contributed by atoms with Crippen molar-refractivity contribution in [1.29, 1.82) is 0 Å². The Morgan fingerprint density at radius 1 is 1.10 bits per heavy atom. The first kappa shape index (κ1) is 23.5. The number of esters is 1. The lowest BCUT2D eigenvalue weighted by atomic mass is 10.2. The lowest BCUT2D eigenvalue weighted by Crippen LogP contribution is -2.40. The molecule has 0 aromatic heterocycles. The highest BCUT2D eigenvalue weighted by Crippen LogP contribution is 2.31. The molecule has 0 spiro atoms. The molecule has 0 unspecified atom stereocenters. The number of nitrogens with zero attached hydrogens (tertiary/aromatic N) is 1. The average Bonchev–Trinajstić information content (AvgIpc) is 2.74. The summed E-state index contributed by atoms with van der Waals surface area (Å²) in [6.07, 6.45) is -1.15. The number of hydrogen-bond donors (Lipinski definition) is 1. The molecule has 3 rings (SSSR count). The van der Waals surface area contributed by atoms with Crippen molar-refractivity contribution < 1.29 is 27.5 Å². The smallest absolute Gasteiger partial charge is 0.340 e. The predicted octanol–water partition coefficient (Wildman–Crippen LogP) is 3.20. The van der Waals surface area contributed by atoms with Crippen LogP contribution in [0.4, 0.5) is 5.69 Å². The zero-order valence-corrected chi connectivity index (χ0v) is 18.8. The Morgan fingerprint density at radius 2 is 1.74 bits per heavy atom. The Labute approximate surface area is 190 Å². The Hall–Kier alpha value is -2.17. The van der Waals surface area contributed by atoms with E-state index in [0.29, 0.717) is 5.69 Å².